The number of nitrogens with two attached hydrogens (primary N) is 1. The molecule has 2 aromatic carbocycles. The van der Waals surface area contributed by atoms with E-state index in [-0.39, 0.29) is 11.5 Å². The molecule has 1 aromatic heterocycles. The molecular weight excluding hydrogens is 404 g/mol. The predicted octanol–water partition coefficient (Wildman–Crippen LogP) is 4.36. The molecule has 152 valence electrons. The monoisotopic (exact) mass is 422 g/mol. The van der Waals surface area contributed by atoms with Gasteiger partial charge in [0.15, 0.2) is 11.5 Å². The summed E-state index contributed by atoms with van der Waals surface area (Å²) in [5.41, 5.74) is 9.20. The van der Waals surface area contributed by atoms with Gasteiger partial charge in [0.05, 0.1) is 30.9 Å². The van der Waals surface area contributed by atoms with E-state index in [4.69, 9.17) is 31.5 Å². The molecule has 0 fully saturated rings. The molecule has 0 radical (unpaired) electrons. The molecular formula is C22H19ClN4O3. The summed E-state index contributed by atoms with van der Waals surface area (Å²) in [6.45, 7) is 2.43. The fraction of sp³-hybridized carbons (Fsp3) is 0.182. The molecule has 1 atom stereocenters. The highest BCUT2D eigenvalue weighted by molar-refractivity contribution is 6.31. The summed E-state index contributed by atoms with van der Waals surface area (Å²) in [4.78, 5) is 0. The molecule has 3 N–H and O–H groups in total. The van der Waals surface area contributed by atoms with E-state index < -0.39 is 5.92 Å². The van der Waals surface area contributed by atoms with Crippen molar-refractivity contribution in [3.63, 3.8) is 0 Å². The largest absolute Gasteiger partial charge is 0.493 e. The highest BCUT2D eigenvalue weighted by atomic mass is 35.5. The number of aromatic amines is 1. The van der Waals surface area contributed by atoms with E-state index >= 15 is 0 Å². The number of fused-ring (bicyclic) bond motifs is 1. The van der Waals surface area contributed by atoms with Crippen LogP contribution in [0.3, 0.4) is 0 Å². The van der Waals surface area contributed by atoms with E-state index in [1.165, 1.54) is 0 Å². The van der Waals surface area contributed by atoms with Crippen LogP contribution in [-0.4, -0.2) is 23.9 Å². The van der Waals surface area contributed by atoms with Gasteiger partial charge in [-0.05, 0) is 36.8 Å². The Hall–Kier alpha value is -3.63. The topological polar surface area (TPSA) is 106 Å². The zero-order chi connectivity index (χ0) is 21.3. The molecule has 1 aliphatic rings. The Morgan fingerprint density at radius 2 is 2.07 bits per heavy atom. The van der Waals surface area contributed by atoms with Crippen LogP contribution in [0.2, 0.25) is 5.02 Å². The van der Waals surface area contributed by atoms with Gasteiger partial charge in [0.1, 0.15) is 11.6 Å². The minimum absolute atomic E-state index is 0.0113. The Balaban J connectivity index is 1.91. The fourth-order valence-corrected chi connectivity index (χ4v) is 3.83. The van der Waals surface area contributed by atoms with Crippen molar-refractivity contribution in [3.8, 4) is 34.7 Å². The first kappa shape index (κ1) is 19.7. The number of allylic oxidation sites excluding steroid dienone is 1. The summed E-state index contributed by atoms with van der Waals surface area (Å²) in [6, 6.07) is 15.1. The van der Waals surface area contributed by atoms with Gasteiger partial charge in [-0.3, -0.25) is 5.10 Å². The number of halogens is 1. The standard InChI is InChI=1S/C22H19ClN4O3/c1-3-29-16-9-8-12(10-17(16)28-2)20-19-18(13-6-4-5-7-15(13)23)14(11-24)21(25)30-22(19)27-26-20/h4-10,18H,3,25H2,1-2H3,(H,26,27)/t18-/m0/s1. The van der Waals surface area contributed by atoms with Crippen LogP contribution in [0.15, 0.2) is 53.9 Å². The number of rotatable bonds is 5. The third kappa shape index (κ3) is 3.21. The molecule has 8 heteroatoms. The highest BCUT2D eigenvalue weighted by Crippen LogP contribution is 2.47. The van der Waals surface area contributed by atoms with Crippen LogP contribution >= 0.6 is 11.6 Å². The van der Waals surface area contributed by atoms with Gasteiger partial charge < -0.3 is 19.9 Å². The minimum atomic E-state index is -0.529. The Kier molecular flexibility index (Phi) is 5.25. The zero-order valence-electron chi connectivity index (χ0n) is 16.4. The lowest BCUT2D eigenvalue weighted by molar-refractivity contribution is 0.311. The molecule has 0 unspecified atom stereocenters. The molecule has 1 aliphatic heterocycles. The number of nitriles is 1. The number of H-pyrrole nitrogens is 1. The van der Waals surface area contributed by atoms with Gasteiger partial charge in [0.2, 0.25) is 11.8 Å². The molecule has 0 spiro atoms. The molecule has 0 bridgehead atoms. The highest BCUT2D eigenvalue weighted by Gasteiger charge is 2.36. The van der Waals surface area contributed by atoms with Crippen LogP contribution in [0.1, 0.15) is 24.0 Å². The van der Waals surface area contributed by atoms with E-state index in [0.717, 1.165) is 11.1 Å². The Morgan fingerprint density at radius 3 is 2.77 bits per heavy atom. The molecule has 0 aliphatic carbocycles. The summed E-state index contributed by atoms with van der Waals surface area (Å²) in [5.74, 6) is 1.01. The van der Waals surface area contributed by atoms with Gasteiger partial charge in [0, 0.05) is 10.6 Å². The van der Waals surface area contributed by atoms with E-state index in [1.54, 1.807) is 13.2 Å². The first-order valence-electron chi connectivity index (χ1n) is 9.30. The first-order valence-corrected chi connectivity index (χ1v) is 9.68. The molecule has 4 rings (SSSR count). The quantitative estimate of drug-likeness (QED) is 0.632. The summed E-state index contributed by atoms with van der Waals surface area (Å²) in [5, 5.41) is 17.6. The average molecular weight is 423 g/mol. The van der Waals surface area contributed by atoms with Crippen LogP contribution in [0.5, 0.6) is 17.4 Å². The van der Waals surface area contributed by atoms with Crippen LogP contribution in [0, 0.1) is 11.3 Å². The molecule has 2 heterocycles. The Bertz CT molecular complexity index is 1180. The van der Waals surface area contributed by atoms with E-state index in [2.05, 4.69) is 16.3 Å². The normalized spacial score (nSPS) is 15.2. The van der Waals surface area contributed by atoms with Gasteiger partial charge in [-0.2, -0.15) is 5.26 Å². The van der Waals surface area contributed by atoms with Crippen molar-refractivity contribution in [3.05, 3.63) is 70.1 Å². The van der Waals surface area contributed by atoms with Gasteiger partial charge in [-0.1, -0.05) is 29.8 Å². The summed E-state index contributed by atoms with van der Waals surface area (Å²) < 4.78 is 16.7. The fourth-order valence-electron chi connectivity index (χ4n) is 3.58. The third-order valence-electron chi connectivity index (χ3n) is 4.91. The average Bonchev–Trinajstić information content (AvgIpc) is 3.17. The Morgan fingerprint density at radius 1 is 1.27 bits per heavy atom. The number of ether oxygens (including phenoxy) is 3. The van der Waals surface area contributed by atoms with Gasteiger partial charge in [-0.15, -0.1) is 5.10 Å². The maximum atomic E-state index is 9.81. The van der Waals surface area contributed by atoms with E-state index in [0.29, 0.717) is 40.3 Å². The van der Waals surface area contributed by atoms with E-state index in [9.17, 15) is 5.26 Å². The number of benzene rings is 2. The van der Waals surface area contributed by atoms with Crippen molar-refractivity contribution in [2.45, 2.75) is 12.8 Å². The van der Waals surface area contributed by atoms with Gasteiger partial charge in [0.25, 0.3) is 0 Å². The summed E-state index contributed by atoms with van der Waals surface area (Å²) >= 11 is 6.48. The second-order valence-electron chi connectivity index (χ2n) is 6.56. The number of hydrogen-bond acceptors (Lipinski definition) is 6. The maximum absolute atomic E-state index is 9.81. The van der Waals surface area contributed by atoms with Crippen molar-refractivity contribution >= 4 is 11.6 Å². The number of hydrogen-bond donors (Lipinski definition) is 2. The van der Waals surface area contributed by atoms with E-state index in [1.807, 2.05) is 43.3 Å². The Labute approximate surface area is 178 Å². The van der Waals surface area contributed by atoms with Crippen molar-refractivity contribution in [1.82, 2.24) is 10.2 Å². The zero-order valence-corrected chi connectivity index (χ0v) is 17.2. The van der Waals surface area contributed by atoms with Crippen LogP contribution in [-0.2, 0) is 0 Å². The van der Waals surface area contributed by atoms with Crippen LogP contribution < -0.4 is 19.9 Å². The van der Waals surface area contributed by atoms with Crippen molar-refractivity contribution in [2.75, 3.05) is 13.7 Å². The van der Waals surface area contributed by atoms with Crippen molar-refractivity contribution < 1.29 is 14.2 Å². The smallest absolute Gasteiger partial charge is 0.244 e. The maximum Gasteiger partial charge on any atom is 0.244 e. The summed E-state index contributed by atoms with van der Waals surface area (Å²) in [7, 11) is 1.58. The lowest BCUT2D eigenvalue weighted by Gasteiger charge is -2.24. The molecule has 30 heavy (non-hydrogen) atoms. The SMILES string of the molecule is CCOc1ccc(-c2[nH]nc3c2[C@@H](c2ccccc2Cl)C(C#N)=C(N)O3)cc1OC. The van der Waals surface area contributed by atoms with Crippen LogP contribution in [0.4, 0.5) is 0 Å². The molecule has 3 aromatic rings. The lowest BCUT2D eigenvalue weighted by Crippen LogP contribution is -2.21. The lowest BCUT2D eigenvalue weighted by atomic mass is 9.83. The molecule has 0 saturated heterocycles. The second kappa shape index (κ2) is 8.01. The number of nitrogens with zero attached hydrogens (tertiary/aromatic N) is 2. The number of aromatic nitrogens is 2. The van der Waals surface area contributed by atoms with Gasteiger partial charge in [-0.25, -0.2) is 0 Å². The molecule has 0 saturated carbocycles. The number of nitrogens with one attached hydrogen (secondary N) is 1. The van der Waals surface area contributed by atoms with Crippen LogP contribution in [0.25, 0.3) is 11.3 Å². The van der Waals surface area contributed by atoms with Crippen molar-refractivity contribution in [2.24, 2.45) is 5.73 Å². The van der Waals surface area contributed by atoms with Gasteiger partial charge >= 0.3 is 0 Å². The molecule has 7 nitrogen and oxygen atoms in total. The predicted molar refractivity (Wildman–Crippen MR) is 112 cm³/mol. The first-order chi connectivity index (χ1) is 14.6. The third-order valence-corrected chi connectivity index (χ3v) is 5.25. The minimum Gasteiger partial charge on any atom is -0.493 e. The molecule has 0 amide bonds. The second-order valence-corrected chi connectivity index (χ2v) is 6.97. The summed E-state index contributed by atoms with van der Waals surface area (Å²) in [6.07, 6.45) is 0. The number of methoxy groups -OCH3 is 1. The van der Waals surface area contributed by atoms with Crippen molar-refractivity contribution in [1.29, 1.82) is 5.26 Å².